The van der Waals surface area contributed by atoms with E-state index in [0.29, 0.717) is 5.69 Å². The van der Waals surface area contributed by atoms with E-state index in [0.717, 1.165) is 5.56 Å². The first kappa shape index (κ1) is 14.5. The first-order valence-electron chi connectivity index (χ1n) is 5.57. The van der Waals surface area contributed by atoms with Gasteiger partial charge in [-0.25, -0.2) is 8.42 Å². The van der Waals surface area contributed by atoms with Crippen molar-refractivity contribution in [3.8, 4) is 6.07 Å². The lowest BCUT2D eigenvalue weighted by Gasteiger charge is -2.24. The minimum atomic E-state index is -3.54. The highest BCUT2D eigenvalue weighted by molar-refractivity contribution is 7.89. The zero-order valence-electron chi connectivity index (χ0n) is 10.5. The van der Waals surface area contributed by atoms with Crippen molar-refractivity contribution in [2.45, 2.75) is 26.4 Å². The van der Waals surface area contributed by atoms with Gasteiger partial charge in [-0.1, -0.05) is 12.1 Å². The van der Waals surface area contributed by atoms with Gasteiger partial charge in [0.15, 0.2) is 5.75 Å². The first-order valence-corrected chi connectivity index (χ1v) is 7.18. The molecule has 1 aromatic carbocycles. The van der Waals surface area contributed by atoms with Crippen molar-refractivity contribution in [3.63, 3.8) is 0 Å². The molecule has 5 nitrogen and oxygen atoms in total. The molecule has 6 heteroatoms. The summed E-state index contributed by atoms with van der Waals surface area (Å²) in [6, 6.07) is 8.52. The molecular formula is C12H17N3O2S. The average Bonchev–Trinajstić information content (AvgIpc) is 2.27. The number of rotatable bonds is 5. The van der Waals surface area contributed by atoms with Crippen LogP contribution in [0.5, 0.6) is 0 Å². The quantitative estimate of drug-likeness (QED) is 0.815. The van der Waals surface area contributed by atoms with Crippen molar-refractivity contribution in [1.82, 2.24) is 4.31 Å². The van der Waals surface area contributed by atoms with Crippen LogP contribution in [0.25, 0.3) is 0 Å². The maximum Gasteiger partial charge on any atom is 0.228 e. The molecule has 0 fully saturated rings. The standard InChI is InChI=1S/C12H17N3O2S/c1-10(2)15(18(16,17)8-7-13)9-11-3-5-12(14)6-4-11/h3-6,10H,8-9,14H2,1-2H3. The van der Waals surface area contributed by atoms with Crippen molar-refractivity contribution in [2.75, 3.05) is 11.5 Å². The van der Waals surface area contributed by atoms with E-state index in [2.05, 4.69) is 0 Å². The molecule has 1 aromatic rings. The predicted octanol–water partition coefficient (Wildman–Crippen LogP) is 1.33. The fourth-order valence-corrected chi connectivity index (χ4v) is 2.89. The Bertz CT molecular complexity index is 529. The second kappa shape index (κ2) is 5.85. The molecule has 0 aliphatic heterocycles. The average molecular weight is 267 g/mol. The van der Waals surface area contributed by atoms with Crippen LogP contribution in [0.4, 0.5) is 5.69 Å². The van der Waals surface area contributed by atoms with Crippen LogP contribution in [0.3, 0.4) is 0 Å². The molecule has 0 aromatic heterocycles. The van der Waals surface area contributed by atoms with Gasteiger partial charge in [0.25, 0.3) is 0 Å². The van der Waals surface area contributed by atoms with Crippen LogP contribution in [0.1, 0.15) is 19.4 Å². The molecule has 0 radical (unpaired) electrons. The lowest BCUT2D eigenvalue weighted by Crippen LogP contribution is -2.37. The van der Waals surface area contributed by atoms with E-state index in [9.17, 15) is 8.42 Å². The minimum absolute atomic E-state index is 0.194. The maximum atomic E-state index is 11.9. The van der Waals surface area contributed by atoms with Crippen molar-refractivity contribution >= 4 is 15.7 Å². The Hall–Kier alpha value is -1.58. The van der Waals surface area contributed by atoms with Crippen molar-refractivity contribution in [3.05, 3.63) is 29.8 Å². The summed E-state index contributed by atoms with van der Waals surface area (Å²) >= 11 is 0. The van der Waals surface area contributed by atoms with Gasteiger partial charge in [0, 0.05) is 18.3 Å². The predicted molar refractivity (Wildman–Crippen MR) is 70.9 cm³/mol. The summed E-state index contributed by atoms with van der Waals surface area (Å²) in [6.45, 7) is 3.82. The van der Waals surface area contributed by atoms with Gasteiger partial charge in [-0.15, -0.1) is 0 Å². The fraction of sp³-hybridized carbons (Fsp3) is 0.417. The van der Waals surface area contributed by atoms with Crippen LogP contribution in [0.15, 0.2) is 24.3 Å². The lowest BCUT2D eigenvalue weighted by molar-refractivity contribution is 0.349. The molecule has 0 heterocycles. The van der Waals surface area contributed by atoms with Crippen LogP contribution in [-0.4, -0.2) is 24.5 Å². The number of nitrogens with zero attached hydrogens (tertiary/aromatic N) is 2. The van der Waals surface area contributed by atoms with E-state index in [1.54, 1.807) is 44.2 Å². The zero-order chi connectivity index (χ0) is 13.8. The van der Waals surface area contributed by atoms with Crippen molar-refractivity contribution < 1.29 is 8.42 Å². The normalized spacial score (nSPS) is 11.7. The van der Waals surface area contributed by atoms with Crippen molar-refractivity contribution in [2.24, 2.45) is 0 Å². The minimum Gasteiger partial charge on any atom is -0.399 e. The van der Waals surface area contributed by atoms with Gasteiger partial charge in [-0.05, 0) is 31.5 Å². The summed E-state index contributed by atoms with van der Waals surface area (Å²) in [7, 11) is -3.54. The molecule has 1 rings (SSSR count). The molecule has 0 bridgehead atoms. The van der Waals surface area contributed by atoms with Gasteiger partial charge >= 0.3 is 0 Å². The monoisotopic (exact) mass is 267 g/mol. The van der Waals surface area contributed by atoms with Gasteiger partial charge in [-0.2, -0.15) is 9.57 Å². The van der Waals surface area contributed by atoms with Gasteiger partial charge < -0.3 is 5.73 Å². The number of nitrogens with two attached hydrogens (primary N) is 1. The summed E-state index contributed by atoms with van der Waals surface area (Å²) in [6.07, 6.45) is 0. The van der Waals surface area contributed by atoms with Gasteiger partial charge in [0.05, 0.1) is 6.07 Å². The highest BCUT2D eigenvalue weighted by Crippen LogP contribution is 2.15. The first-order chi connectivity index (χ1) is 8.36. The summed E-state index contributed by atoms with van der Waals surface area (Å²) in [5.41, 5.74) is 7.06. The molecule has 0 unspecified atom stereocenters. The molecule has 0 aliphatic rings. The zero-order valence-corrected chi connectivity index (χ0v) is 11.3. The number of hydrogen-bond donors (Lipinski definition) is 1. The second-order valence-electron chi connectivity index (χ2n) is 4.29. The number of anilines is 1. The smallest absolute Gasteiger partial charge is 0.228 e. The Labute approximate surface area is 108 Å². The molecule has 98 valence electrons. The Kier molecular flexibility index (Phi) is 4.70. The third-order valence-electron chi connectivity index (χ3n) is 2.50. The topological polar surface area (TPSA) is 87.2 Å². The van der Waals surface area contributed by atoms with E-state index in [1.165, 1.54) is 4.31 Å². The fourth-order valence-electron chi connectivity index (χ4n) is 1.57. The summed E-state index contributed by atoms with van der Waals surface area (Å²) < 4.78 is 25.2. The van der Waals surface area contributed by atoms with Crippen LogP contribution >= 0.6 is 0 Å². The molecule has 18 heavy (non-hydrogen) atoms. The van der Waals surface area contributed by atoms with Crippen LogP contribution < -0.4 is 5.73 Å². The number of nitriles is 1. The molecule has 0 aliphatic carbocycles. The number of hydrogen-bond acceptors (Lipinski definition) is 4. The SMILES string of the molecule is CC(C)N(Cc1ccc(N)cc1)S(=O)(=O)CC#N. The number of benzene rings is 1. The van der Waals surface area contributed by atoms with E-state index in [1.807, 2.05) is 0 Å². The Morgan fingerprint density at radius 1 is 1.33 bits per heavy atom. The lowest BCUT2D eigenvalue weighted by atomic mass is 10.2. The highest BCUT2D eigenvalue weighted by atomic mass is 32.2. The summed E-state index contributed by atoms with van der Waals surface area (Å²) in [5.74, 6) is -0.500. The van der Waals surface area contributed by atoms with E-state index in [4.69, 9.17) is 11.0 Å². The summed E-state index contributed by atoms with van der Waals surface area (Å²) in [4.78, 5) is 0. The molecule has 0 atom stereocenters. The number of sulfonamides is 1. The van der Waals surface area contributed by atoms with E-state index < -0.39 is 15.8 Å². The molecule has 0 amide bonds. The molecular weight excluding hydrogens is 250 g/mol. The third kappa shape index (κ3) is 3.72. The van der Waals surface area contributed by atoms with Gasteiger partial charge in [0.1, 0.15) is 0 Å². The van der Waals surface area contributed by atoms with Crippen LogP contribution in [0.2, 0.25) is 0 Å². The second-order valence-corrected chi connectivity index (χ2v) is 6.22. The summed E-state index contributed by atoms with van der Waals surface area (Å²) in [5, 5.41) is 8.56. The Morgan fingerprint density at radius 2 is 1.89 bits per heavy atom. The Balaban J connectivity index is 2.95. The molecule has 0 saturated heterocycles. The van der Waals surface area contributed by atoms with Crippen LogP contribution in [0, 0.1) is 11.3 Å². The van der Waals surface area contributed by atoms with E-state index in [-0.39, 0.29) is 12.6 Å². The van der Waals surface area contributed by atoms with Gasteiger partial charge in [0.2, 0.25) is 10.0 Å². The molecule has 0 saturated carbocycles. The molecule has 2 N–H and O–H groups in total. The third-order valence-corrected chi connectivity index (χ3v) is 4.26. The van der Waals surface area contributed by atoms with Crippen molar-refractivity contribution in [1.29, 1.82) is 5.26 Å². The number of nitrogen functional groups attached to an aromatic ring is 1. The maximum absolute atomic E-state index is 11.9. The van der Waals surface area contributed by atoms with E-state index >= 15 is 0 Å². The largest absolute Gasteiger partial charge is 0.399 e. The molecule has 0 spiro atoms. The van der Waals surface area contributed by atoms with Gasteiger partial charge in [-0.3, -0.25) is 0 Å². The highest BCUT2D eigenvalue weighted by Gasteiger charge is 2.24. The Morgan fingerprint density at radius 3 is 2.33 bits per heavy atom. The van der Waals surface area contributed by atoms with Crippen LogP contribution in [-0.2, 0) is 16.6 Å².